The fourth-order valence-corrected chi connectivity index (χ4v) is 3.88. The lowest BCUT2D eigenvalue weighted by molar-refractivity contribution is -0.113. The molecular formula is C24H21N3O2S. The Morgan fingerprint density at radius 3 is 2.53 bits per heavy atom. The number of methoxy groups -OCH3 is 1. The average molecular weight is 416 g/mol. The van der Waals surface area contributed by atoms with Gasteiger partial charge in [-0.2, -0.15) is 0 Å². The SMILES string of the molecule is COc1ccc2nc(-c3ccccc3)nc(SCC(=O)Nc3ccccc3C)c2c1. The molecule has 5 nitrogen and oxygen atoms in total. The third-order valence-corrected chi connectivity index (χ3v) is 5.65. The predicted molar refractivity (Wildman–Crippen MR) is 122 cm³/mol. The molecule has 30 heavy (non-hydrogen) atoms. The van der Waals surface area contributed by atoms with Gasteiger partial charge < -0.3 is 10.1 Å². The Bertz CT molecular complexity index is 1200. The molecule has 0 saturated carbocycles. The number of hydrogen-bond acceptors (Lipinski definition) is 5. The van der Waals surface area contributed by atoms with Crippen molar-refractivity contribution >= 4 is 34.3 Å². The first-order chi connectivity index (χ1) is 14.6. The number of hydrogen-bond donors (Lipinski definition) is 1. The van der Waals surface area contributed by atoms with Crippen LogP contribution in [0, 0.1) is 6.92 Å². The number of nitrogens with one attached hydrogen (secondary N) is 1. The Balaban J connectivity index is 1.64. The van der Waals surface area contributed by atoms with Crippen LogP contribution in [-0.4, -0.2) is 28.7 Å². The van der Waals surface area contributed by atoms with E-state index in [-0.39, 0.29) is 11.7 Å². The maximum Gasteiger partial charge on any atom is 0.234 e. The molecule has 1 aromatic heterocycles. The zero-order valence-corrected chi connectivity index (χ0v) is 17.6. The smallest absolute Gasteiger partial charge is 0.234 e. The van der Waals surface area contributed by atoms with Crippen LogP contribution >= 0.6 is 11.8 Å². The second-order valence-electron chi connectivity index (χ2n) is 6.75. The molecule has 1 N–H and O–H groups in total. The summed E-state index contributed by atoms with van der Waals surface area (Å²) in [5.74, 6) is 1.52. The molecular weight excluding hydrogens is 394 g/mol. The van der Waals surface area contributed by atoms with Crippen molar-refractivity contribution in [2.75, 3.05) is 18.2 Å². The summed E-state index contributed by atoms with van der Waals surface area (Å²) in [5, 5.41) is 4.58. The lowest BCUT2D eigenvalue weighted by Gasteiger charge is -2.11. The van der Waals surface area contributed by atoms with Gasteiger partial charge in [-0.15, -0.1) is 0 Å². The number of aryl methyl sites for hydroxylation is 1. The monoisotopic (exact) mass is 415 g/mol. The molecule has 6 heteroatoms. The van der Waals surface area contributed by atoms with E-state index < -0.39 is 0 Å². The number of aromatic nitrogens is 2. The predicted octanol–water partition coefficient (Wildman–Crippen LogP) is 5.34. The molecule has 3 aromatic carbocycles. The van der Waals surface area contributed by atoms with Crippen LogP contribution in [-0.2, 0) is 4.79 Å². The maximum absolute atomic E-state index is 12.6. The van der Waals surface area contributed by atoms with E-state index in [2.05, 4.69) is 5.32 Å². The number of para-hydroxylation sites is 1. The maximum atomic E-state index is 12.6. The molecule has 150 valence electrons. The highest BCUT2D eigenvalue weighted by Gasteiger charge is 2.13. The first-order valence-electron chi connectivity index (χ1n) is 9.53. The summed E-state index contributed by atoms with van der Waals surface area (Å²) in [5.41, 5.74) is 3.59. The Hall–Kier alpha value is -3.38. The van der Waals surface area contributed by atoms with Gasteiger partial charge in [0.25, 0.3) is 0 Å². The van der Waals surface area contributed by atoms with Crippen molar-refractivity contribution in [2.24, 2.45) is 0 Å². The summed E-state index contributed by atoms with van der Waals surface area (Å²) in [6.07, 6.45) is 0. The molecule has 4 aromatic rings. The molecule has 0 radical (unpaired) electrons. The van der Waals surface area contributed by atoms with E-state index in [1.165, 1.54) is 11.8 Å². The largest absolute Gasteiger partial charge is 0.497 e. The van der Waals surface area contributed by atoms with Gasteiger partial charge in [0.2, 0.25) is 5.91 Å². The summed E-state index contributed by atoms with van der Waals surface area (Å²) in [6, 6.07) is 23.3. The summed E-state index contributed by atoms with van der Waals surface area (Å²) < 4.78 is 5.37. The van der Waals surface area contributed by atoms with E-state index in [0.29, 0.717) is 5.82 Å². The Kier molecular flexibility index (Phi) is 5.95. The number of anilines is 1. The van der Waals surface area contributed by atoms with Crippen LogP contribution in [0.5, 0.6) is 5.75 Å². The van der Waals surface area contributed by atoms with Gasteiger partial charge in [-0.3, -0.25) is 4.79 Å². The van der Waals surface area contributed by atoms with Gasteiger partial charge in [0.15, 0.2) is 5.82 Å². The highest BCUT2D eigenvalue weighted by atomic mass is 32.2. The molecule has 0 bridgehead atoms. The topological polar surface area (TPSA) is 64.1 Å². The van der Waals surface area contributed by atoms with Gasteiger partial charge in [-0.05, 0) is 36.8 Å². The van der Waals surface area contributed by atoms with E-state index in [1.54, 1.807) is 7.11 Å². The number of carbonyl (C=O) groups is 1. The summed E-state index contributed by atoms with van der Waals surface area (Å²) >= 11 is 1.39. The van der Waals surface area contributed by atoms with Gasteiger partial charge >= 0.3 is 0 Å². The molecule has 1 heterocycles. The van der Waals surface area contributed by atoms with Crippen LogP contribution in [0.15, 0.2) is 77.8 Å². The third kappa shape index (κ3) is 4.44. The number of nitrogens with zero attached hydrogens (tertiary/aromatic N) is 2. The van der Waals surface area contributed by atoms with Gasteiger partial charge in [0.1, 0.15) is 10.8 Å². The molecule has 0 spiro atoms. The first-order valence-corrected chi connectivity index (χ1v) is 10.5. The van der Waals surface area contributed by atoms with Gasteiger partial charge in [-0.25, -0.2) is 9.97 Å². The van der Waals surface area contributed by atoms with Crippen molar-refractivity contribution < 1.29 is 9.53 Å². The summed E-state index contributed by atoms with van der Waals surface area (Å²) in [6.45, 7) is 1.97. The zero-order valence-electron chi connectivity index (χ0n) is 16.8. The minimum absolute atomic E-state index is 0.0785. The zero-order chi connectivity index (χ0) is 20.9. The third-order valence-electron chi connectivity index (χ3n) is 4.66. The molecule has 0 fully saturated rings. The molecule has 4 rings (SSSR count). The van der Waals surface area contributed by atoms with Crippen LogP contribution in [0.1, 0.15) is 5.56 Å². The fraction of sp³-hybridized carbons (Fsp3) is 0.125. The molecule has 0 atom stereocenters. The van der Waals surface area contributed by atoms with Gasteiger partial charge in [0.05, 0.1) is 18.4 Å². The lowest BCUT2D eigenvalue weighted by Crippen LogP contribution is -2.15. The van der Waals surface area contributed by atoms with E-state index >= 15 is 0 Å². The first kappa shape index (κ1) is 19.9. The second kappa shape index (κ2) is 8.97. The van der Waals surface area contributed by atoms with E-state index in [1.807, 2.05) is 79.7 Å². The minimum Gasteiger partial charge on any atom is -0.497 e. The Morgan fingerprint density at radius 2 is 1.77 bits per heavy atom. The highest BCUT2D eigenvalue weighted by molar-refractivity contribution is 8.00. The van der Waals surface area contributed by atoms with Crippen molar-refractivity contribution in [3.05, 3.63) is 78.4 Å². The quantitative estimate of drug-likeness (QED) is 0.340. The van der Waals surface area contributed by atoms with Crippen molar-refractivity contribution in [1.29, 1.82) is 0 Å². The van der Waals surface area contributed by atoms with Crippen molar-refractivity contribution in [3.8, 4) is 17.1 Å². The highest BCUT2D eigenvalue weighted by Crippen LogP contribution is 2.31. The van der Waals surface area contributed by atoms with E-state index in [9.17, 15) is 4.79 Å². The van der Waals surface area contributed by atoms with Crippen molar-refractivity contribution in [1.82, 2.24) is 9.97 Å². The molecule has 0 saturated heterocycles. The number of ether oxygens (including phenoxy) is 1. The lowest BCUT2D eigenvalue weighted by atomic mass is 10.2. The molecule has 1 amide bonds. The average Bonchev–Trinajstić information content (AvgIpc) is 2.79. The standard InChI is InChI=1S/C24H21N3O2S/c1-16-8-6-7-11-20(16)25-22(28)15-30-24-19-14-18(29-2)12-13-21(19)26-23(27-24)17-9-4-3-5-10-17/h3-14H,15H2,1-2H3,(H,25,28). The Morgan fingerprint density at radius 1 is 1.00 bits per heavy atom. The van der Waals surface area contributed by atoms with E-state index in [0.717, 1.165) is 38.5 Å². The number of amides is 1. The second-order valence-corrected chi connectivity index (χ2v) is 7.72. The molecule has 0 aliphatic rings. The van der Waals surface area contributed by atoms with Crippen LogP contribution in [0.4, 0.5) is 5.69 Å². The summed E-state index contributed by atoms with van der Waals surface area (Å²) in [7, 11) is 1.63. The minimum atomic E-state index is -0.0785. The van der Waals surface area contributed by atoms with Gasteiger partial charge in [0, 0.05) is 16.6 Å². The van der Waals surface area contributed by atoms with Crippen molar-refractivity contribution in [2.45, 2.75) is 11.9 Å². The number of benzene rings is 3. The Labute approximate surface area is 179 Å². The normalized spacial score (nSPS) is 10.7. The number of carbonyl (C=O) groups excluding carboxylic acids is 1. The van der Waals surface area contributed by atoms with Crippen molar-refractivity contribution in [3.63, 3.8) is 0 Å². The molecule has 0 aliphatic heterocycles. The molecule has 0 aliphatic carbocycles. The van der Waals surface area contributed by atoms with Crippen LogP contribution in [0.2, 0.25) is 0 Å². The van der Waals surface area contributed by atoms with Gasteiger partial charge in [-0.1, -0.05) is 60.3 Å². The molecule has 0 unspecified atom stereocenters. The van der Waals surface area contributed by atoms with Crippen LogP contribution in [0.25, 0.3) is 22.3 Å². The number of rotatable bonds is 6. The number of fused-ring (bicyclic) bond motifs is 1. The summed E-state index contributed by atoms with van der Waals surface area (Å²) in [4.78, 5) is 22.0. The van der Waals surface area contributed by atoms with E-state index in [4.69, 9.17) is 14.7 Å². The van der Waals surface area contributed by atoms with Crippen LogP contribution in [0.3, 0.4) is 0 Å². The number of thioether (sulfide) groups is 1. The van der Waals surface area contributed by atoms with Crippen LogP contribution < -0.4 is 10.1 Å². The fourth-order valence-electron chi connectivity index (χ4n) is 3.07.